The van der Waals surface area contributed by atoms with Crippen LogP contribution in [0.2, 0.25) is 0 Å². The molecule has 0 radical (unpaired) electrons. The summed E-state index contributed by atoms with van der Waals surface area (Å²) in [5.74, 6) is 1.48. The molecule has 1 heterocycles. The Hall–Kier alpha value is -1.71. The second-order valence-corrected chi connectivity index (χ2v) is 4.86. The quantitative estimate of drug-likeness (QED) is 0.431. The average molecular weight is 433 g/mol. The van der Waals surface area contributed by atoms with E-state index in [2.05, 4.69) is 25.8 Å². The lowest BCUT2D eigenvalue weighted by Gasteiger charge is -2.09. The predicted molar refractivity (Wildman–Crippen MR) is 97.2 cm³/mol. The topological polar surface area (TPSA) is 75.3 Å². The zero-order valence-electron chi connectivity index (χ0n) is 13.4. The van der Waals surface area contributed by atoms with Crippen molar-refractivity contribution < 1.29 is 8.91 Å². The first-order valence-electron chi connectivity index (χ1n) is 7.15. The van der Waals surface area contributed by atoms with Crippen LogP contribution >= 0.6 is 24.0 Å². The van der Waals surface area contributed by atoms with Crippen molar-refractivity contribution in [1.29, 1.82) is 0 Å². The standard InChI is InChI=1S/C15H20FN5O.HI/c1-4-17-15(19-9-14-20-11(3)22-21-14)18-8-12-6-5-10(2)13(16)7-12;/h5-7H,4,8-9H2,1-3H3,(H2,17,18,19);1H. The summed E-state index contributed by atoms with van der Waals surface area (Å²) in [6.07, 6.45) is 0. The summed E-state index contributed by atoms with van der Waals surface area (Å²) in [6.45, 7) is 6.96. The molecule has 6 nitrogen and oxygen atoms in total. The maximum atomic E-state index is 13.5. The summed E-state index contributed by atoms with van der Waals surface area (Å²) in [6, 6.07) is 5.13. The van der Waals surface area contributed by atoms with Gasteiger partial charge in [0.25, 0.3) is 0 Å². The van der Waals surface area contributed by atoms with Gasteiger partial charge < -0.3 is 15.2 Å². The molecule has 2 rings (SSSR count). The van der Waals surface area contributed by atoms with Crippen molar-refractivity contribution in [2.75, 3.05) is 6.54 Å². The van der Waals surface area contributed by atoms with Crippen LogP contribution in [0.25, 0.3) is 0 Å². The minimum Gasteiger partial charge on any atom is -0.357 e. The molecule has 0 spiro atoms. The number of rotatable bonds is 5. The third-order valence-corrected chi connectivity index (χ3v) is 2.98. The Morgan fingerprint density at radius 1 is 1.30 bits per heavy atom. The van der Waals surface area contributed by atoms with Crippen molar-refractivity contribution in [2.45, 2.75) is 33.9 Å². The van der Waals surface area contributed by atoms with Gasteiger partial charge in [0.1, 0.15) is 5.82 Å². The van der Waals surface area contributed by atoms with Gasteiger partial charge in [-0.05, 0) is 31.0 Å². The Balaban J connectivity index is 0.00000264. The first kappa shape index (κ1) is 19.3. The molecule has 23 heavy (non-hydrogen) atoms. The molecule has 0 saturated heterocycles. The van der Waals surface area contributed by atoms with Gasteiger partial charge in [-0.15, -0.1) is 24.0 Å². The van der Waals surface area contributed by atoms with Crippen LogP contribution in [0.4, 0.5) is 4.39 Å². The second-order valence-electron chi connectivity index (χ2n) is 4.86. The maximum absolute atomic E-state index is 13.5. The Labute approximate surface area is 152 Å². The van der Waals surface area contributed by atoms with Gasteiger partial charge in [-0.3, -0.25) is 0 Å². The molecule has 126 valence electrons. The molecule has 2 aromatic rings. The van der Waals surface area contributed by atoms with Crippen molar-refractivity contribution >= 4 is 29.9 Å². The molecule has 0 saturated carbocycles. The van der Waals surface area contributed by atoms with Crippen LogP contribution in [0.1, 0.15) is 29.8 Å². The molecule has 0 aliphatic rings. The van der Waals surface area contributed by atoms with E-state index in [1.165, 1.54) is 6.07 Å². The van der Waals surface area contributed by atoms with Gasteiger partial charge in [0.2, 0.25) is 5.89 Å². The highest BCUT2D eigenvalue weighted by molar-refractivity contribution is 14.0. The summed E-state index contributed by atoms with van der Waals surface area (Å²) in [4.78, 5) is 8.53. The van der Waals surface area contributed by atoms with E-state index >= 15 is 0 Å². The van der Waals surface area contributed by atoms with E-state index in [9.17, 15) is 4.39 Å². The monoisotopic (exact) mass is 433 g/mol. The number of hydrogen-bond acceptors (Lipinski definition) is 4. The molecule has 0 atom stereocenters. The van der Waals surface area contributed by atoms with Gasteiger partial charge in [0.15, 0.2) is 11.8 Å². The third kappa shape index (κ3) is 6.12. The van der Waals surface area contributed by atoms with Gasteiger partial charge in [-0.25, -0.2) is 9.38 Å². The van der Waals surface area contributed by atoms with E-state index in [0.29, 0.717) is 36.3 Å². The van der Waals surface area contributed by atoms with Crippen molar-refractivity contribution in [3.63, 3.8) is 0 Å². The normalized spacial score (nSPS) is 11.0. The maximum Gasteiger partial charge on any atom is 0.223 e. The third-order valence-electron chi connectivity index (χ3n) is 2.98. The number of halogens is 2. The largest absolute Gasteiger partial charge is 0.357 e. The van der Waals surface area contributed by atoms with Gasteiger partial charge in [-0.1, -0.05) is 17.3 Å². The first-order valence-corrected chi connectivity index (χ1v) is 7.15. The van der Waals surface area contributed by atoms with Crippen LogP contribution in [0.15, 0.2) is 27.7 Å². The molecule has 2 N–H and O–H groups in total. The van der Waals surface area contributed by atoms with E-state index in [0.717, 1.165) is 12.1 Å². The zero-order valence-corrected chi connectivity index (χ0v) is 15.7. The summed E-state index contributed by atoms with van der Waals surface area (Å²) in [5.41, 5.74) is 1.45. The van der Waals surface area contributed by atoms with Crippen LogP contribution in [-0.2, 0) is 13.1 Å². The van der Waals surface area contributed by atoms with Crippen LogP contribution in [0.3, 0.4) is 0 Å². The fourth-order valence-corrected chi connectivity index (χ4v) is 1.82. The smallest absolute Gasteiger partial charge is 0.223 e. The van der Waals surface area contributed by atoms with E-state index in [-0.39, 0.29) is 29.8 Å². The molecular formula is C15H21FIN5O. The number of aryl methyl sites for hydroxylation is 2. The molecule has 1 aromatic carbocycles. The van der Waals surface area contributed by atoms with Crippen molar-refractivity contribution in [3.8, 4) is 0 Å². The van der Waals surface area contributed by atoms with E-state index in [1.54, 1.807) is 19.9 Å². The van der Waals surface area contributed by atoms with Crippen molar-refractivity contribution in [2.24, 2.45) is 4.99 Å². The highest BCUT2D eigenvalue weighted by atomic mass is 127. The molecule has 0 aliphatic carbocycles. The Kier molecular flexibility index (Phi) is 7.93. The number of guanidine groups is 1. The molecule has 0 amide bonds. The lowest BCUT2D eigenvalue weighted by Crippen LogP contribution is -2.37. The Morgan fingerprint density at radius 3 is 2.70 bits per heavy atom. The lowest BCUT2D eigenvalue weighted by atomic mass is 10.1. The molecule has 0 unspecified atom stereocenters. The van der Waals surface area contributed by atoms with Gasteiger partial charge in [0, 0.05) is 13.5 Å². The van der Waals surface area contributed by atoms with Crippen LogP contribution in [-0.4, -0.2) is 22.6 Å². The minimum absolute atomic E-state index is 0. The van der Waals surface area contributed by atoms with E-state index in [4.69, 9.17) is 4.52 Å². The fourth-order valence-electron chi connectivity index (χ4n) is 1.82. The highest BCUT2D eigenvalue weighted by Gasteiger charge is 2.04. The van der Waals surface area contributed by atoms with Gasteiger partial charge in [0.05, 0.1) is 13.1 Å². The fraction of sp³-hybridized carbons (Fsp3) is 0.400. The number of aliphatic imine (C=N–C) groups is 1. The minimum atomic E-state index is -0.215. The number of hydrogen-bond donors (Lipinski definition) is 2. The van der Waals surface area contributed by atoms with Crippen LogP contribution in [0.5, 0.6) is 0 Å². The lowest BCUT2D eigenvalue weighted by molar-refractivity contribution is 0.387. The van der Waals surface area contributed by atoms with Gasteiger partial charge in [-0.2, -0.15) is 4.98 Å². The van der Waals surface area contributed by atoms with Crippen LogP contribution in [0, 0.1) is 19.7 Å². The SMILES string of the molecule is CCNC(=NCc1ccc(C)c(F)c1)NCc1noc(C)n1.I. The number of benzene rings is 1. The molecular weight excluding hydrogens is 412 g/mol. The molecule has 0 fully saturated rings. The van der Waals surface area contributed by atoms with E-state index in [1.807, 2.05) is 13.0 Å². The second kappa shape index (κ2) is 9.43. The molecule has 0 aliphatic heterocycles. The predicted octanol–water partition coefficient (Wildman–Crippen LogP) is 2.70. The van der Waals surface area contributed by atoms with Gasteiger partial charge >= 0.3 is 0 Å². The molecule has 1 aromatic heterocycles. The number of nitrogens with one attached hydrogen (secondary N) is 2. The summed E-state index contributed by atoms with van der Waals surface area (Å²) < 4.78 is 18.4. The summed E-state index contributed by atoms with van der Waals surface area (Å²) in [7, 11) is 0. The van der Waals surface area contributed by atoms with E-state index < -0.39 is 0 Å². The van der Waals surface area contributed by atoms with Crippen LogP contribution < -0.4 is 10.6 Å². The first-order chi connectivity index (χ1) is 10.6. The highest BCUT2D eigenvalue weighted by Crippen LogP contribution is 2.09. The summed E-state index contributed by atoms with van der Waals surface area (Å²) in [5, 5.41) is 10.0. The number of nitrogens with zero attached hydrogens (tertiary/aromatic N) is 3. The molecule has 0 bridgehead atoms. The average Bonchev–Trinajstić information content (AvgIpc) is 2.91. The van der Waals surface area contributed by atoms with Crippen molar-refractivity contribution in [3.05, 3.63) is 46.9 Å². The Morgan fingerprint density at radius 2 is 2.09 bits per heavy atom. The summed E-state index contributed by atoms with van der Waals surface area (Å²) >= 11 is 0. The zero-order chi connectivity index (χ0) is 15.9. The Bertz CT molecular complexity index is 659. The van der Waals surface area contributed by atoms with Crippen molar-refractivity contribution in [1.82, 2.24) is 20.8 Å². The number of aromatic nitrogens is 2. The molecule has 8 heteroatoms.